The lowest BCUT2D eigenvalue weighted by atomic mass is 10.0. The van der Waals surface area contributed by atoms with Crippen LogP contribution in [0.15, 0.2) is 72.8 Å². The van der Waals surface area contributed by atoms with Gasteiger partial charge >= 0.3 is 6.18 Å². The Kier molecular flexibility index (Phi) is 6.69. The van der Waals surface area contributed by atoms with Gasteiger partial charge < -0.3 is 10.6 Å². The van der Waals surface area contributed by atoms with E-state index in [0.29, 0.717) is 16.7 Å². The Bertz CT molecular complexity index is 1060. The van der Waals surface area contributed by atoms with Gasteiger partial charge in [0.05, 0.1) is 12.1 Å². The highest BCUT2D eigenvalue weighted by Gasteiger charge is 2.30. The third-order valence-corrected chi connectivity index (χ3v) is 4.48. The van der Waals surface area contributed by atoms with Crippen LogP contribution in [0.3, 0.4) is 0 Å². The summed E-state index contributed by atoms with van der Waals surface area (Å²) in [6, 6.07) is 16.6. The van der Waals surface area contributed by atoms with Gasteiger partial charge in [0.2, 0.25) is 5.91 Å². The van der Waals surface area contributed by atoms with E-state index in [0.717, 1.165) is 12.1 Å². The molecule has 0 radical (unpaired) electrons. The van der Waals surface area contributed by atoms with E-state index in [-0.39, 0.29) is 24.5 Å². The van der Waals surface area contributed by atoms with E-state index in [4.69, 9.17) is 0 Å². The molecule has 3 aromatic carbocycles. The molecule has 0 heterocycles. The molecule has 3 aromatic rings. The van der Waals surface area contributed by atoms with Gasteiger partial charge in [-0.25, -0.2) is 4.39 Å². The summed E-state index contributed by atoms with van der Waals surface area (Å²) in [5, 5.41) is 5.08. The van der Waals surface area contributed by atoms with Crippen LogP contribution in [0.4, 0.5) is 17.6 Å². The molecule has 0 spiro atoms. The van der Waals surface area contributed by atoms with E-state index in [1.807, 2.05) is 0 Å². The summed E-state index contributed by atoms with van der Waals surface area (Å²) in [7, 11) is 0. The van der Waals surface area contributed by atoms with Crippen molar-refractivity contribution in [2.75, 3.05) is 6.54 Å². The van der Waals surface area contributed by atoms with E-state index >= 15 is 0 Å². The molecule has 0 saturated carbocycles. The number of rotatable bonds is 6. The van der Waals surface area contributed by atoms with Crippen LogP contribution in [0, 0.1) is 5.82 Å². The minimum atomic E-state index is -4.44. The number of carbonyl (C=O) groups excluding carboxylic acids is 2. The number of benzene rings is 3. The number of hydrogen-bond donors (Lipinski definition) is 2. The van der Waals surface area contributed by atoms with E-state index in [9.17, 15) is 27.2 Å². The summed E-state index contributed by atoms with van der Waals surface area (Å²) in [6.07, 6.45) is -4.44. The Morgan fingerprint density at radius 2 is 1.48 bits per heavy atom. The van der Waals surface area contributed by atoms with Gasteiger partial charge in [0, 0.05) is 12.1 Å². The average molecular weight is 430 g/mol. The third-order valence-electron chi connectivity index (χ3n) is 4.48. The van der Waals surface area contributed by atoms with E-state index in [1.54, 1.807) is 30.3 Å². The van der Waals surface area contributed by atoms with Gasteiger partial charge in [-0.15, -0.1) is 0 Å². The minimum absolute atomic E-state index is 0.195. The van der Waals surface area contributed by atoms with Crippen molar-refractivity contribution in [3.63, 3.8) is 0 Å². The molecule has 0 aliphatic heterocycles. The molecular weight excluding hydrogens is 412 g/mol. The Morgan fingerprint density at radius 1 is 0.806 bits per heavy atom. The number of hydrogen-bond acceptors (Lipinski definition) is 2. The zero-order valence-corrected chi connectivity index (χ0v) is 16.2. The molecule has 0 aliphatic rings. The second kappa shape index (κ2) is 9.42. The summed E-state index contributed by atoms with van der Waals surface area (Å²) >= 11 is 0. The number of amides is 2. The van der Waals surface area contributed by atoms with Crippen molar-refractivity contribution in [1.82, 2.24) is 10.6 Å². The van der Waals surface area contributed by atoms with Crippen molar-refractivity contribution >= 4 is 11.8 Å². The average Bonchev–Trinajstić information content (AvgIpc) is 2.76. The molecule has 31 heavy (non-hydrogen) atoms. The van der Waals surface area contributed by atoms with Crippen molar-refractivity contribution in [1.29, 1.82) is 0 Å². The van der Waals surface area contributed by atoms with E-state index in [2.05, 4.69) is 10.6 Å². The highest BCUT2D eigenvalue weighted by Crippen LogP contribution is 2.32. The maximum atomic E-state index is 12.9. The van der Waals surface area contributed by atoms with E-state index in [1.165, 1.54) is 30.3 Å². The SMILES string of the molecule is O=C(CNC(=O)c1ccc(-c2cccc(C(F)(F)F)c2)cc1)NCc1ccc(F)cc1. The molecule has 0 aromatic heterocycles. The van der Waals surface area contributed by atoms with Gasteiger partial charge in [0.1, 0.15) is 5.82 Å². The summed E-state index contributed by atoms with van der Waals surface area (Å²) < 4.78 is 51.5. The molecule has 3 rings (SSSR count). The molecule has 0 fully saturated rings. The molecule has 0 unspecified atom stereocenters. The van der Waals surface area contributed by atoms with Crippen LogP contribution in [0.1, 0.15) is 21.5 Å². The predicted octanol–water partition coefficient (Wildman–Crippen LogP) is 4.56. The van der Waals surface area contributed by atoms with Crippen LogP contribution < -0.4 is 10.6 Å². The predicted molar refractivity (Wildman–Crippen MR) is 107 cm³/mol. The first-order chi connectivity index (χ1) is 14.7. The van der Waals surface area contributed by atoms with Crippen LogP contribution in [-0.2, 0) is 17.5 Å². The summed E-state index contributed by atoms with van der Waals surface area (Å²) in [6.45, 7) is -0.0594. The highest BCUT2D eigenvalue weighted by atomic mass is 19.4. The molecule has 4 nitrogen and oxygen atoms in total. The van der Waals surface area contributed by atoms with E-state index < -0.39 is 23.6 Å². The van der Waals surface area contributed by atoms with Gasteiger partial charge in [0.15, 0.2) is 0 Å². The smallest absolute Gasteiger partial charge is 0.350 e. The van der Waals surface area contributed by atoms with Gasteiger partial charge in [-0.2, -0.15) is 13.2 Å². The molecule has 2 N–H and O–H groups in total. The van der Waals surface area contributed by atoms with Crippen molar-refractivity contribution in [2.45, 2.75) is 12.7 Å². The molecule has 0 atom stereocenters. The van der Waals surface area contributed by atoms with Crippen molar-refractivity contribution < 1.29 is 27.2 Å². The quantitative estimate of drug-likeness (QED) is 0.564. The topological polar surface area (TPSA) is 58.2 Å². The minimum Gasteiger partial charge on any atom is -0.350 e. The Morgan fingerprint density at radius 3 is 2.13 bits per heavy atom. The Hall–Kier alpha value is -3.68. The zero-order chi connectivity index (χ0) is 22.4. The van der Waals surface area contributed by atoms with Gasteiger partial charge in [0.25, 0.3) is 5.91 Å². The Labute approximate surface area is 175 Å². The lowest BCUT2D eigenvalue weighted by Gasteiger charge is -2.10. The lowest BCUT2D eigenvalue weighted by Crippen LogP contribution is -2.36. The van der Waals surface area contributed by atoms with Gasteiger partial charge in [-0.3, -0.25) is 9.59 Å². The molecule has 160 valence electrons. The van der Waals surface area contributed by atoms with Crippen LogP contribution >= 0.6 is 0 Å². The largest absolute Gasteiger partial charge is 0.416 e. The second-order valence-electron chi connectivity index (χ2n) is 6.74. The fourth-order valence-corrected chi connectivity index (χ4v) is 2.82. The highest BCUT2D eigenvalue weighted by molar-refractivity contribution is 5.96. The van der Waals surface area contributed by atoms with Crippen LogP contribution in [0.2, 0.25) is 0 Å². The van der Waals surface area contributed by atoms with Crippen molar-refractivity contribution in [2.24, 2.45) is 0 Å². The first-order valence-electron chi connectivity index (χ1n) is 9.29. The molecule has 0 bridgehead atoms. The molecule has 0 saturated heterocycles. The Balaban J connectivity index is 1.54. The lowest BCUT2D eigenvalue weighted by molar-refractivity contribution is -0.137. The summed E-state index contributed by atoms with van der Waals surface area (Å²) in [5.74, 6) is -1.28. The first-order valence-corrected chi connectivity index (χ1v) is 9.29. The maximum absolute atomic E-state index is 12.9. The number of halogens is 4. The fraction of sp³-hybridized carbons (Fsp3) is 0.130. The van der Waals surface area contributed by atoms with Crippen LogP contribution in [-0.4, -0.2) is 18.4 Å². The molecule has 0 aliphatic carbocycles. The van der Waals surface area contributed by atoms with Gasteiger partial charge in [-0.1, -0.05) is 36.4 Å². The molecular formula is C23H18F4N2O2. The standard InChI is InChI=1S/C23H18F4N2O2/c24-20-10-4-15(5-11-20)13-28-21(30)14-29-22(31)17-8-6-16(7-9-17)18-2-1-3-19(12-18)23(25,26)27/h1-12H,13-14H2,(H,28,30)(H,29,31). The number of alkyl halides is 3. The number of carbonyl (C=O) groups is 2. The second-order valence-corrected chi connectivity index (χ2v) is 6.74. The third kappa shape index (κ3) is 6.15. The zero-order valence-electron chi connectivity index (χ0n) is 16.2. The van der Waals surface area contributed by atoms with Crippen molar-refractivity contribution in [3.05, 3.63) is 95.3 Å². The van der Waals surface area contributed by atoms with Gasteiger partial charge in [-0.05, 0) is 53.1 Å². The maximum Gasteiger partial charge on any atom is 0.416 e. The molecule has 2 amide bonds. The first kappa shape index (κ1) is 22.0. The van der Waals surface area contributed by atoms with Crippen molar-refractivity contribution in [3.8, 4) is 11.1 Å². The fourth-order valence-electron chi connectivity index (χ4n) is 2.82. The normalized spacial score (nSPS) is 11.1. The molecule has 8 heteroatoms. The monoisotopic (exact) mass is 430 g/mol. The summed E-state index contributed by atoms with van der Waals surface area (Å²) in [5.41, 5.74) is 1.13. The number of nitrogens with one attached hydrogen (secondary N) is 2. The van der Waals surface area contributed by atoms with Crippen LogP contribution in [0.25, 0.3) is 11.1 Å². The van der Waals surface area contributed by atoms with Crippen LogP contribution in [0.5, 0.6) is 0 Å². The summed E-state index contributed by atoms with van der Waals surface area (Å²) in [4.78, 5) is 24.1.